The monoisotopic (exact) mass is 260 g/mol. The second-order valence-corrected chi connectivity index (χ2v) is 7.19. The maximum atomic E-state index is 6.23. The molecule has 0 unspecified atom stereocenters. The Morgan fingerprint density at radius 2 is 1.68 bits per heavy atom. The minimum atomic E-state index is 0.571. The molecule has 4 aliphatic carbocycles. The summed E-state index contributed by atoms with van der Waals surface area (Å²) in [6.07, 6.45) is 7.14. The van der Waals surface area contributed by atoms with Gasteiger partial charge in [0.15, 0.2) is 5.82 Å². The lowest BCUT2D eigenvalue weighted by atomic mass is 9.54. The van der Waals surface area contributed by atoms with Gasteiger partial charge in [-0.1, -0.05) is 0 Å². The molecular weight excluding hydrogens is 236 g/mol. The van der Waals surface area contributed by atoms with Gasteiger partial charge in [0, 0.05) is 20.2 Å². The topological polar surface area (TPSA) is 47.1 Å². The molecule has 4 aliphatic rings. The molecule has 1 heterocycles. The fourth-order valence-electron chi connectivity index (χ4n) is 5.15. The highest BCUT2D eigenvalue weighted by Crippen LogP contribution is 2.58. The maximum Gasteiger partial charge on any atom is 0.152 e. The van der Waals surface area contributed by atoms with Crippen LogP contribution in [0.4, 0.5) is 11.6 Å². The van der Waals surface area contributed by atoms with Gasteiger partial charge in [-0.05, 0) is 55.8 Å². The van der Waals surface area contributed by atoms with Crippen LogP contribution in [0.15, 0.2) is 6.07 Å². The largest absolute Gasteiger partial charge is 0.384 e. The lowest BCUT2D eigenvalue weighted by Gasteiger charge is -2.54. The Balaban J connectivity index is 1.69. The fourth-order valence-corrected chi connectivity index (χ4v) is 5.15. The van der Waals surface area contributed by atoms with E-state index in [1.165, 1.54) is 32.1 Å². The van der Waals surface area contributed by atoms with Crippen LogP contribution < -0.4 is 10.6 Å². The van der Waals surface area contributed by atoms with Gasteiger partial charge in [-0.3, -0.25) is 0 Å². The zero-order valence-electron chi connectivity index (χ0n) is 11.9. The zero-order valence-corrected chi connectivity index (χ0v) is 11.9. The van der Waals surface area contributed by atoms with Gasteiger partial charge in [0.1, 0.15) is 5.82 Å². The van der Waals surface area contributed by atoms with E-state index in [4.69, 9.17) is 10.8 Å². The summed E-state index contributed by atoms with van der Waals surface area (Å²) in [7, 11) is 4.06. The van der Waals surface area contributed by atoms with Gasteiger partial charge in [-0.2, -0.15) is 5.10 Å². The van der Waals surface area contributed by atoms with Crippen LogP contribution in [-0.2, 0) is 0 Å². The van der Waals surface area contributed by atoms with Crippen LogP contribution in [0.3, 0.4) is 0 Å². The summed E-state index contributed by atoms with van der Waals surface area (Å²) in [6, 6.07) is 2.59. The molecule has 0 radical (unpaired) electrons. The Morgan fingerprint density at radius 3 is 2.16 bits per heavy atom. The summed E-state index contributed by atoms with van der Waals surface area (Å²) in [5, 5.41) is 4.77. The van der Waals surface area contributed by atoms with Crippen LogP contribution >= 0.6 is 0 Å². The normalized spacial score (nSPS) is 39.8. The molecule has 104 valence electrons. The lowest BCUT2D eigenvalue weighted by molar-refractivity contribution is -0.0326. The Bertz CT molecular complexity index is 462. The molecule has 2 N–H and O–H groups in total. The first kappa shape index (κ1) is 11.6. The molecule has 0 spiro atoms. The van der Waals surface area contributed by atoms with Crippen molar-refractivity contribution in [2.45, 2.75) is 38.1 Å². The molecule has 0 atom stereocenters. The second-order valence-electron chi connectivity index (χ2n) is 7.19. The highest BCUT2D eigenvalue weighted by Gasteiger charge is 2.49. The Hall–Kier alpha value is -1.19. The van der Waals surface area contributed by atoms with E-state index in [0.717, 1.165) is 35.3 Å². The van der Waals surface area contributed by atoms with E-state index in [0.29, 0.717) is 6.04 Å². The highest BCUT2D eigenvalue weighted by atomic mass is 15.4. The van der Waals surface area contributed by atoms with Crippen LogP contribution in [-0.4, -0.2) is 23.9 Å². The van der Waals surface area contributed by atoms with Gasteiger partial charge in [0.2, 0.25) is 0 Å². The van der Waals surface area contributed by atoms with E-state index >= 15 is 0 Å². The number of nitrogen functional groups attached to an aromatic ring is 1. The molecule has 4 heteroatoms. The van der Waals surface area contributed by atoms with E-state index in [1.54, 1.807) is 0 Å². The molecule has 4 saturated carbocycles. The maximum absolute atomic E-state index is 6.23. The summed E-state index contributed by atoms with van der Waals surface area (Å²) >= 11 is 0. The van der Waals surface area contributed by atoms with E-state index in [1.807, 2.05) is 25.1 Å². The standard InChI is InChI=1S/C15H24N4/c1-18(2)14-8-13(16)19(17-14)15-11-4-9-3-10(6-11)7-12(15)5-9/h8-12,15H,3-7,16H2,1-2H3. The number of nitrogens with two attached hydrogens (primary N) is 1. The van der Waals surface area contributed by atoms with E-state index in [2.05, 4.69) is 4.68 Å². The zero-order chi connectivity index (χ0) is 13.1. The van der Waals surface area contributed by atoms with E-state index < -0.39 is 0 Å². The van der Waals surface area contributed by atoms with Crippen LogP contribution in [0, 0.1) is 23.7 Å². The van der Waals surface area contributed by atoms with Crippen molar-refractivity contribution in [3.05, 3.63) is 6.07 Å². The lowest BCUT2D eigenvalue weighted by Crippen LogP contribution is -2.46. The molecule has 19 heavy (non-hydrogen) atoms. The molecule has 0 amide bonds. The first-order valence-electron chi connectivity index (χ1n) is 7.64. The van der Waals surface area contributed by atoms with Crippen LogP contribution in [0.1, 0.15) is 38.1 Å². The summed E-state index contributed by atoms with van der Waals surface area (Å²) in [4.78, 5) is 2.04. The predicted molar refractivity (Wildman–Crippen MR) is 77.0 cm³/mol. The van der Waals surface area contributed by atoms with Gasteiger partial charge in [0.25, 0.3) is 0 Å². The van der Waals surface area contributed by atoms with Crippen molar-refractivity contribution in [1.82, 2.24) is 9.78 Å². The van der Waals surface area contributed by atoms with Crippen molar-refractivity contribution in [1.29, 1.82) is 0 Å². The average Bonchev–Trinajstić information content (AvgIpc) is 2.70. The molecular formula is C15H24N4. The SMILES string of the molecule is CN(C)c1cc(N)n(C2C3CC4CC(C3)CC2C4)n1. The molecule has 4 nitrogen and oxygen atoms in total. The molecule has 5 rings (SSSR count). The average molecular weight is 260 g/mol. The summed E-state index contributed by atoms with van der Waals surface area (Å²) in [6.45, 7) is 0. The molecule has 4 bridgehead atoms. The Kier molecular flexibility index (Phi) is 2.39. The fraction of sp³-hybridized carbons (Fsp3) is 0.800. The quantitative estimate of drug-likeness (QED) is 0.889. The predicted octanol–water partition coefficient (Wildman–Crippen LogP) is 2.53. The van der Waals surface area contributed by atoms with Crippen molar-refractivity contribution in [2.75, 3.05) is 24.7 Å². The first-order chi connectivity index (χ1) is 9.11. The molecule has 0 aliphatic heterocycles. The van der Waals surface area contributed by atoms with Gasteiger partial charge in [-0.15, -0.1) is 0 Å². The van der Waals surface area contributed by atoms with Gasteiger partial charge >= 0.3 is 0 Å². The smallest absolute Gasteiger partial charge is 0.152 e. The van der Waals surface area contributed by atoms with E-state index in [9.17, 15) is 0 Å². The second kappa shape index (κ2) is 3.90. The minimum absolute atomic E-state index is 0.571. The third kappa shape index (κ3) is 1.68. The van der Waals surface area contributed by atoms with Crippen LogP contribution in [0.2, 0.25) is 0 Å². The number of hydrogen-bond donors (Lipinski definition) is 1. The number of rotatable bonds is 2. The number of anilines is 2. The molecule has 1 aromatic rings. The van der Waals surface area contributed by atoms with Crippen LogP contribution in [0.5, 0.6) is 0 Å². The third-order valence-electron chi connectivity index (χ3n) is 5.67. The van der Waals surface area contributed by atoms with Gasteiger partial charge in [-0.25, -0.2) is 4.68 Å². The molecule has 1 aromatic heterocycles. The molecule has 0 aromatic carbocycles. The van der Waals surface area contributed by atoms with Gasteiger partial charge < -0.3 is 10.6 Å². The summed E-state index contributed by atoms with van der Waals surface area (Å²) < 4.78 is 2.16. The highest BCUT2D eigenvalue weighted by molar-refractivity contribution is 5.47. The van der Waals surface area contributed by atoms with Crippen molar-refractivity contribution in [3.63, 3.8) is 0 Å². The van der Waals surface area contributed by atoms with Gasteiger partial charge in [0.05, 0.1) is 6.04 Å². The number of hydrogen-bond acceptors (Lipinski definition) is 3. The van der Waals surface area contributed by atoms with Crippen molar-refractivity contribution in [3.8, 4) is 0 Å². The van der Waals surface area contributed by atoms with Crippen molar-refractivity contribution in [2.24, 2.45) is 23.7 Å². The number of aromatic nitrogens is 2. The Labute approximate surface area is 115 Å². The summed E-state index contributed by atoms with van der Waals surface area (Å²) in [5.74, 6) is 5.50. The van der Waals surface area contributed by atoms with Crippen molar-refractivity contribution >= 4 is 11.6 Å². The molecule has 4 fully saturated rings. The third-order valence-corrected chi connectivity index (χ3v) is 5.67. The Morgan fingerprint density at radius 1 is 1.11 bits per heavy atom. The first-order valence-corrected chi connectivity index (χ1v) is 7.64. The van der Waals surface area contributed by atoms with Crippen molar-refractivity contribution < 1.29 is 0 Å². The van der Waals surface area contributed by atoms with Crippen LogP contribution in [0.25, 0.3) is 0 Å². The number of nitrogens with zero attached hydrogens (tertiary/aromatic N) is 3. The minimum Gasteiger partial charge on any atom is -0.384 e. The molecule has 0 saturated heterocycles. The summed E-state index contributed by atoms with van der Waals surface area (Å²) in [5.41, 5.74) is 6.23. The van der Waals surface area contributed by atoms with E-state index in [-0.39, 0.29) is 0 Å².